The zero-order valence-electron chi connectivity index (χ0n) is 16.9. The highest BCUT2D eigenvalue weighted by Crippen LogP contribution is 2.12. The monoisotopic (exact) mass is 433 g/mol. The molecular formula is C18H33N4O4S2. The van der Waals surface area contributed by atoms with Crippen LogP contribution in [0.3, 0.4) is 0 Å². The second kappa shape index (κ2) is 13.2. The Morgan fingerprint density at radius 2 is 1.43 bits per heavy atom. The number of imide groups is 1. The van der Waals surface area contributed by atoms with Gasteiger partial charge >= 0.3 is 0 Å². The van der Waals surface area contributed by atoms with Gasteiger partial charge < -0.3 is 16.8 Å². The van der Waals surface area contributed by atoms with Crippen molar-refractivity contribution in [3.05, 3.63) is 0 Å². The lowest BCUT2D eigenvalue weighted by Crippen LogP contribution is -2.60. The zero-order chi connectivity index (χ0) is 22.0. The standard InChI is InChI=1S/C18H33N4O4S2/c1-10(2)5-13(19)16(24)21-15(9-28)18(26)22(12(7-23)8-27)17(25)14(20)6-11(3)4/h10-15,27-28H,5-6,8-9,19-20H2,1-4H3,(H,21,24)/t12-,13+,14+,15+/m1/s1. The molecule has 0 fully saturated rings. The van der Waals surface area contributed by atoms with Crippen LogP contribution in [-0.2, 0) is 19.2 Å². The summed E-state index contributed by atoms with van der Waals surface area (Å²) in [6, 6.07) is -4.13. The fourth-order valence-electron chi connectivity index (χ4n) is 2.62. The summed E-state index contributed by atoms with van der Waals surface area (Å²) < 4.78 is 0. The van der Waals surface area contributed by atoms with Crippen molar-refractivity contribution in [2.45, 2.75) is 64.7 Å². The van der Waals surface area contributed by atoms with E-state index in [2.05, 4.69) is 30.6 Å². The highest BCUT2D eigenvalue weighted by molar-refractivity contribution is 7.80. The Balaban J connectivity index is 5.55. The minimum absolute atomic E-state index is 0.0830. The molecule has 0 saturated carbocycles. The summed E-state index contributed by atoms with van der Waals surface area (Å²) in [5.41, 5.74) is 11.8. The molecule has 0 aliphatic heterocycles. The van der Waals surface area contributed by atoms with Crippen molar-refractivity contribution >= 4 is 49.3 Å². The Morgan fingerprint density at radius 1 is 0.929 bits per heavy atom. The Kier molecular flexibility index (Phi) is 12.7. The molecule has 8 nitrogen and oxygen atoms in total. The third kappa shape index (κ3) is 8.50. The van der Waals surface area contributed by atoms with Gasteiger partial charge in [0, 0.05) is 11.5 Å². The normalized spacial score (nSPS) is 15.6. The van der Waals surface area contributed by atoms with Gasteiger partial charge in [-0.1, -0.05) is 27.7 Å². The maximum Gasteiger partial charge on any atom is 0.253 e. The molecule has 0 heterocycles. The maximum atomic E-state index is 13.0. The lowest BCUT2D eigenvalue weighted by atomic mass is 10.0. The first-order valence-electron chi connectivity index (χ1n) is 9.27. The Labute approximate surface area is 178 Å². The molecule has 0 rings (SSSR count). The highest BCUT2D eigenvalue weighted by atomic mass is 32.1. The first-order chi connectivity index (χ1) is 13.0. The van der Waals surface area contributed by atoms with E-state index in [0.29, 0.717) is 12.8 Å². The Hall–Kier alpha value is -1.10. The largest absolute Gasteiger partial charge is 0.342 e. The van der Waals surface area contributed by atoms with E-state index in [1.54, 1.807) is 6.29 Å². The molecule has 0 aliphatic rings. The van der Waals surface area contributed by atoms with E-state index < -0.39 is 41.9 Å². The van der Waals surface area contributed by atoms with Crippen LogP contribution in [0, 0.1) is 11.8 Å². The molecule has 0 saturated heterocycles. The summed E-state index contributed by atoms with van der Waals surface area (Å²) in [7, 11) is 0. The summed E-state index contributed by atoms with van der Waals surface area (Å²) in [6.45, 7) is 7.60. The number of carbonyl (C=O) groups excluding carboxylic acids is 4. The molecule has 1 radical (unpaired) electrons. The highest BCUT2D eigenvalue weighted by Gasteiger charge is 2.37. The molecule has 3 amide bonds. The number of nitrogens with zero attached hydrogens (tertiary/aromatic N) is 1. The van der Waals surface area contributed by atoms with Crippen LogP contribution in [0.15, 0.2) is 0 Å². The average molecular weight is 434 g/mol. The van der Waals surface area contributed by atoms with E-state index in [0.717, 1.165) is 4.90 Å². The summed E-state index contributed by atoms with van der Waals surface area (Å²) in [6.07, 6.45) is 2.41. The number of nitrogens with one attached hydrogen (secondary N) is 1. The molecule has 0 spiro atoms. The number of thiol groups is 2. The number of hydrogen-bond donors (Lipinski definition) is 5. The van der Waals surface area contributed by atoms with Crippen LogP contribution < -0.4 is 16.8 Å². The molecule has 0 aromatic heterocycles. The average Bonchev–Trinajstić information content (AvgIpc) is 2.61. The molecule has 10 heteroatoms. The molecule has 4 atom stereocenters. The van der Waals surface area contributed by atoms with Gasteiger partial charge in [-0.15, -0.1) is 0 Å². The van der Waals surface area contributed by atoms with E-state index in [1.165, 1.54) is 0 Å². The van der Waals surface area contributed by atoms with E-state index in [4.69, 9.17) is 11.5 Å². The van der Waals surface area contributed by atoms with Gasteiger partial charge in [-0.2, -0.15) is 25.3 Å². The zero-order valence-corrected chi connectivity index (χ0v) is 18.7. The third-order valence-electron chi connectivity index (χ3n) is 4.00. The first kappa shape index (κ1) is 26.9. The van der Waals surface area contributed by atoms with Crippen molar-refractivity contribution < 1.29 is 19.2 Å². The smallest absolute Gasteiger partial charge is 0.253 e. The molecular weight excluding hydrogens is 400 g/mol. The van der Waals surface area contributed by atoms with Crippen molar-refractivity contribution in [3.63, 3.8) is 0 Å². The second-order valence-electron chi connectivity index (χ2n) is 7.58. The van der Waals surface area contributed by atoms with Gasteiger partial charge in [0.1, 0.15) is 12.1 Å². The van der Waals surface area contributed by atoms with E-state index >= 15 is 0 Å². The maximum absolute atomic E-state index is 13.0. The lowest BCUT2D eigenvalue weighted by Gasteiger charge is -2.31. The Morgan fingerprint density at radius 3 is 1.82 bits per heavy atom. The van der Waals surface area contributed by atoms with Crippen LogP contribution in [-0.4, -0.2) is 64.6 Å². The minimum Gasteiger partial charge on any atom is -0.342 e. The summed E-state index contributed by atoms with van der Waals surface area (Å²) in [4.78, 5) is 50.1. The van der Waals surface area contributed by atoms with Crippen LogP contribution in [0.4, 0.5) is 0 Å². The molecule has 161 valence electrons. The van der Waals surface area contributed by atoms with Crippen LogP contribution in [0.5, 0.6) is 0 Å². The molecule has 5 N–H and O–H groups in total. The fraction of sp³-hybridized carbons (Fsp3) is 0.778. The number of rotatable bonds is 12. The van der Waals surface area contributed by atoms with Crippen molar-refractivity contribution in [3.8, 4) is 0 Å². The number of hydrogen-bond acceptors (Lipinski definition) is 8. The first-order valence-corrected chi connectivity index (χ1v) is 10.5. The van der Waals surface area contributed by atoms with Crippen molar-refractivity contribution in [1.82, 2.24) is 10.2 Å². The molecule has 0 aromatic rings. The molecule has 0 aromatic carbocycles. The van der Waals surface area contributed by atoms with Crippen molar-refractivity contribution in [2.24, 2.45) is 23.3 Å². The minimum atomic E-state index is -1.22. The van der Waals surface area contributed by atoms with Gasteiger partial charge in [0.15, 0.2) is 0 Å². The Bertz CT molecular complexity index is 546. The van der Waals surface area contributed by atoms with E-state index in [9.17, 15) is 19.2 Å². The number of nitrogens with two attached hydrogens (primary N) is 2. The lowest BCUT2D eigenvalue weighted by molar-refractivity contribution is -0.149. The summed E-state index contributed by atoms with van der Waals surface area (Å²) >= 11 is 8.13. The molecule has 0 unspecified atom stereocenters. The van der Waals surface area contributed by atoms with Gasteiger partial charge in [0.05, 0.1) is 12.1 Å². The van der Waals surface area contributed by atoms with Crippen LogP contribution >= 0.6 is 25.3 Å². The molecule has 28 heavy (non-hydrogen) atoms. The summed E-state index contributed by atoms with van der Waals surface area (Å²) in [5, 5.41) is 2.51. The molecule has 0 aliphatic carbocycles. The van der Waals surface area contributed by atoms with Gasteiger partial charge in [0.2, 0.25) is 18.1 Å². The molecule has 0 bridgehead atoms. The van der Waals surface area contributed by atoms with E-state index in [-0.39, 0.29) is 23.3 Å². The van der Waals surface area contributed by atoms with Gasteiger partial charge in [-0.3, -0.25) is 24.1 Å². The van der Waals surface area contributed by atoms with Crippen LogP contribution in [0.1, 0.15) is 40.5 Å². The van der Waals surface area contributed by atoms with Gasteiger partial charge in [-0.25, -0.2) is 0 Å². The SMILES string of the molecule is CC(C)C[C@H](N)C(=O)N[C@@H](CS)C(=O)N(C(=O)[C@@H](N)CC(C)C)[C@H]([C]=O)CS. The number of carbonyl (C=O) groups is 3. The van der Waals surface area contributed by atoms with Crippen LogP contribution in [0.2, 0.25) is 0 Å². The predicted molar refractivity (Wildman–Crippen MR) is 116 cm³/mol. The second-order valence-corrected chi connectivity index (χ2v) is 8.31. The summed E-state index contributed by atoms with van der Waals surface area (Å²) in [5.74, 6) is -1.93. The quantitative estimate of drug-likeness (QED) is 0.273. The van der Waals surface area contributed by atoms with E-state index in [1.807, 2.05) is 27.7 Å². The third-order valence-corrected chi connectivity index (χ3v) is 4.71. The topological polar surface area (TPSA) is 136 Å². The number of amides is 3. The fourth-order valence-corrected chi connectivity index (χ4v) is 3.11. The van der Waals surface area contributed by atoms with Crippen LogP contribution in [0.25, 0.3) is 0 Å². The van der Waals surface area contributed by atoms with Crippen molar-refractivity contribution in [2.75, 3.05) is 11.5 Å². The van der Waals surface area contributed by atoms with Gasteiger partial charge in [-0.05, 0) is 24.7 Å². The van der Waals surface area contributed by atoms with Crippen molar-refractivity contribution in [1.29, 1.82) is 0 Å². The predicted octanol–water partition coefficient (Wildman–Crippen LogP) is -0.0889. The van der Waals surface area contributed by atoms with Gasteiger partial charge in [0.25, 0.3) is 5.91 Å².